The molecule has 0 radical (unpaired) electrons. The zero-order valence-electron chi connectivity index (χ0n) is 13.2. The lowest BCUT2D eigenvalue weighted by Gasteiger charge is -2.15. The van der Waals surface area contributed by atoms with Crippen LogP contribution in [0.15, 0.2) is 24.3 Å². The molecule has 1 aliphatic carbocycles. The third kappa shape index (κ3) is 4.57. The van der Waals surface area contributed by atoms with E-state index in [-0.39, 0.29) is 11.3 Å². The maximum absolute atomic E-state index is 14.5. The average Bonchev–Trinajstić information content (AvgIpc) is 3.41. The second-order valence-corrected chi connectivity index (χ2v) is 7.90. The van der Waals surface area contributed by atoms with Gasteiger partial charge in [-0.05, 0) is 65.6 Å². The molecule has 2 aromatic carbocycles. The molecule has 138 valence electrons. The van der Waals surface area contributed by atoms with Gasteiger partial charge in [-0.1, -0.05) is 23.2 Å². The highest BCUT2D eigenvalue weighted by Gasteiger charge is 2.25. The maximum atomic E-state index is 14.5. The van der Waals surface area contributed by atoms with Gasteiger partial charge >= 0.3 is 0 Å². The highest BCUT2D eigenvalue weighted by Crippen LogP contribution is 2.34. The molecule has 9 heteroatoms. The van der Waals surface area contributed by atoms with Gasteiger partial charge in [0.25, 0.3) is 5.91 Å². The van der Waals surface area contributed by atoms with Crippen molar-refractivity contribution in [2.24, 2.45) is 5.92 Å². The van der Waals surface area contributed by atoms with E-state index in [4.69, 9.17) is 28.0 Å². The first-order chi connectivity index (χ1) is 12.4. The van der Waals surface area contributed by atoms with E-state index in [1.807, 2.05) is 0 Å². The summed E-state index contributed by atoms with van der Waals surface area (Å²) in [5.41, 5.74) is 1.99. The molecule has 0 heterocycles. The van der Waals surface area contributed by atoms with E-state index in [9.17, 15) is 13.6 Å². The van der Waals surface area contributed by atoms with Gasteiger partial charge in [0.1, 0.15) is 0 Å². The van der Waals surface area contributed by atoms with Gasteiger partial charge in [0.05, 0.1) is 33.6 Å². The topological polar surface area (TPSA) is 50.4 Å². The molecule has 1 amide bonds. The van der Waals surface area contributed by atoms with Crippen molar-refractivity contribution in [1.82, 2.24) is 5.48 Å². The van der Waals surface area contributed by atoms with Gasteiger partial charge in [-0.3, -0.25) is 9.63 Å². The standard InChI is InChI=1S/C17H13Cl2F2IN2O2/c18-11-5-9(22)3-4-13(11)23-16-10(6-12(19)14(20)15(16)21)17(25)24-26-7-8-1-2-8/h3-6,8,23H,1-2,7H2,(H,24,25). The Balaban J connectivity index is 1.90. The molecule has 0 bridgehead atoms. The molecule has 1 saturated carbocycles. The summed E-state index contributed by atoms with van der Waals surface area (Å²) in [4.78, 5) is 17.5. The van der Waals surface area contributed by atoms with Gasteiger partial charge in [0, 0.05) is 3.57 Å². The second kappa shape index (κ2) is 8.24. The molecule has 0 aromatic heterocycles. The van der Waals surface area contributed by atoms with Gasteiger partial charge in [-0.15, -0.1) is 0 Å². The van der Waals surface area contributed by atoms with Crippen molar-refractivity contribution >= 4 is 63.1 Å². The lowest BCUT2D eigenvalue weighted by Crippen LogP contribution is -2.26. The highest BCUT2D eigenvalue weighted by atomic mass is 127. The first-order valence-corrected chi connectivity index (χ1v) is 9.52. The normalized spacial score (nSPS) is 13.6. The van der Waals surface area contributed by atoms with Gasteiger partial charge < -0.3 is 5.32 Å². The average molecular weight is 513 g/mol. The van der Waals surface area contributed by atoms with Crippen LogP contribution < -0.4 is 10.8 Å². The third-order valence-electron chi connectivity index (χ3n) is 3.78. The number of nitrogens with one attached hydrogen (secondary N) is 2. The summed E-state index contributed by atoms with van der Waals surface area (Å²) in [6, 6.07) is 6.02. The number of hydrogen-bond acceptors (Lipinski definition) is 3. The first kappa shape index (κ1) is 19.6. The van der Waals surface area contributed by atoms with Crippen molar-refractivity contribution in [2.75, 3.05) is 11.9 Å². The van der Waals surface area contributed by atoms with Crippen LogP contribution in [0.1, 0.15) is 23.2 Å². The van der Waals surface area contributed by atoms with Crippen molar-refractivity contribution < 1.29 is 18.4 Å². The molecule has 0 spiro atoms. The summed E-state index contributed by atoms with van der Waals surface area (Å²) in [5, 5.41) is 2.46. The monoisotopic (exact) mass is 512 g/mol. The molecular weight excluding hydrogens is 500 g/mol. The third-order valence-corrected chi connectivity index (χ3v) is 5.04. The van der Waals surface area contributed by atoms with E-state index in [1.54, 1.807) is 18.2 Å². The Labute approximate surface area is 172 Å². The Morgan fingerprint density at radius 3 is 2.58 bits per heavy atom. The van der Waals surface area contributed by atoms with E-state index < -0.39 is 22.6 Å². The minimum atomic E-state index is -1.28. The van der Waals surface area contributed by atoms with Crippen LogP contribution in [0.5, 0.6) is 0 Å². The van der Waals surface area contributed by atoms with Crippen molar-refractivity contribution in [3.63, 3.8) is 0 Å². The Morgan fingerprint density at radius 1 is 1.19 bits per heavy atom. The van der Waals surface area contributed by atoms with Crippen LogP contribution in [0, 0.1) is 21.1 Å². The fraction of sp³-hybridized carbons (Fsp3) is 0.235. The van der Waals surface area contributed by atoms with E-state index >= 15 is 0 Å². The van der Waals surface area contributed by atoms with Crippen LogP contribution in [0.25, 0.3) is 0 Å². The smallest absolute Gasteiger partial charge is 0.277 e. The number of rotatable bonds is 6. The molecule has 3 rings (SSSR count). The van der Waals surface area contributed by atoms with Crippen molar-refractivity contribution in [2.45, 2.75) is 12.8 Å². The number of halogens is 5. The van der Waals surface area contributed by atoms with E-state index in [1.165, 1.54) is 0 Å². The number of hydrogen-bond donors (Lipinski definition) is 2. The molecule has 0 atom stereocenters. The van der Waals surface area contributed by atoms with Crippen LogP contribution >= 0.6 is 45.8 Å². The summed E-state index contributed by atoms with van der Waals surface area (Å²) < 4.78 is 29.2. The highest BCUT2D eigenvalue weighted by molar-refractivity contribution is 14.1. The summed E-state index contributed by atoms with van der Waals surface area (Å²) in [6.07, 6.45) is 2.09. The van der Waals surface area contributed by atoms with Gasteiger partial charge in [-0.25, -0.2) is 14.3 Å². The molecular formula is C17H13Cl2F2IN2O2. The quantitative estimate of drug-likeness (QED) is 0.297. The second-order valence-electron chi connectivity index (χ2n) is 5.84. The van der Waals surface area contributed by atoms with Crippen molar-refractivity contribution in [3.05, 3.63) is 55.1 Å². The van der Waals surface area contributed by atoms with E-state index in [0.29, 0.717) is 23.2 Å². The minimum Gasteiger partial charge on any atom is -0.351 e. The molecule has 1 aliphatic rings. The Morgan fingerprint density at radius 2 is 1.92 bits per heavy atom. The van der Waals surface area contributed by atoms with Crippen LogP contribution in [0.3, 0.4) is 0 Å². The van der Waals surface area contributed by atoms with E-state index in [0.717, 1.165) is 22.5 Å². The van der Waals surface area contributed by atoms with Crippen LogP contribution in [-0.4, -0.2) is 12.5 Å². The SMILES string of the molecule is O=C(NOCC1CC1)c1cc(Cl)c(F)c(F)c1Nc1ccc(I)cc1Cl. The molecule has 2 N–H and O–H groups in total. The molecule has 2 aromatic rings. The predicted octanol–water partition coefficient (Wildman–Crippen LogP) is 5.69. The summed E-state index contributed by atoms with van der Waals surface area (Å²) in [5.74, 6) is -2.85. The number of benzene rings is 2. The lowest BCUT2D eigenvalue weighted by atomic mass is 10.1. The zero-order valence-corrected chi connectivity index (χ0v) is 16.9. The van der Waals surface area contributed by atoms with Crippen molar-refractivity contribution in [1.29, 1.82) is 0 Å². The fourth-order valence-corrected chi connectivity index (χ4v) is 3.28. The van der Waals surface area contributed by atoms with Gasteiger partial charge in [0.2, 0.25) is 0 Å². The minimum absolute atomic E-state index is 0.195. The Kier molecular flexibility index (Phi) is 6.21. The molecule has 0 saturated heterocycles. The van der Waals surface area contributed by atoms with Gasteiger partial charge in [-0.2, -0.15) is 0 Å². The Hall–Kier alpha value is -1.16. The van der Waals surface area contributed by atoms with Gasteiger partial charge in [0.15, 0.2) is 11.6 Å². The Bertz CT molecular complexity index is 863. The summed E-state index contributed by atoms with van der Waals surface area (Å²) >= 11 is 13.9. The number of hydroxylamine groups is 1. The van der Waals surface area contributed by atoms with Crippen LogP contribution in [0.2, 0.25) is 10.0 Å². The van der Waals surface area contributed by atoms with E-state index in [2.05, 4.69) is 33.4 Å². The van der Waals surface area contributed by atoms with Crippen LogP contribution in [-0.2, 0) is 4.84 Å². The molecule has 1 fully saturated rings. The van der Waals surface area contributed by atoms with Crippen molar-refractivity contribution in [3.8, 4) is 0 Å². The molecule has 0 aliphatic heterocycles. The lowest BCUT2D eigenvalue weighted by molar-refractivity contribution is 0.0270. The predicted molar refractivity (Wildman–Crippen MR) is 105 cm³/mol. The number of anilines is 2. The molecule has 4 nitrogen and oxygen atoms in total. The fourth-order valence-electron chi connectivity index (χ4n) is 2.19. The largest absolute Gasteiger partial charge is 0.351 e. The number of amides is 1. The molecule has 0 unspecified atom stereocenters. The summed E-state index contributed by atoms with van der Waals surface area (Å²) in [6.45, 7) is 0.370. The maximum Gasteiger partial charge on any atom is 0.277 e. The van der Waals surface area contributed by atoms with Crippen LogP contribution in [0.4, 0.5) is 20.2 Å². The number of carbonyl (C=O) groups excluding carboxylic acids is 1. The zero-order chi connectivity index (χ0) is 18.8. The summed E-state index contributed by atoms with van der Waals surface area (Å²) in [7, 11) is 0. The number of carbonyl (C=O) groups is 1. The first-order valence-electron chi connectivity index (χ1n) is 7.68. The molecule has 26 heavy (non-hydrogen) atoms.